The van der Waals surface area contributed by atoms with Gasteiger partial charge < -0.3 is 14.5 Å². The summed E-state index contributed by atoms with van der Waals surface area (Å²) in [5, 5.41) is 13.4. The number of carboxylic acids is 1. The Morgan fingerprint density at radius 3 is 2.64 bits per heavy atom. The standard InChI is InChI=1S/C23H18N2O3/c1-2-25-21-13-11-17(23(27)28)14-20(21)24-19(22(25)26)12-10-16-8-5-7-15-6-3-4-9-18(15)16/h3-14H,2H2,1H3,(H,27,28)/p-1/b12-10+. The van der Waals surface area contributed by atoms with Crippen molar-refractivity contribution < 1.29 is 9.90 Å². The summed E-state index contributed by atoms with van der Waals surface area (Å²) >= 11 is 0. The van der Waals surface area contributed by atoms with E-state index in [0.29, 0.717) is 17.6 Å². The number of aryl methyl sites for hydroxylation is 1. The number of hydrogen-bond acceptors (Lipinski definition) is 4. The summed E-state index contributed by atoms with van der Waals surface area (Å²) in [6.45, 7) is 2.32. The molecular formula is C23H17N2O3-. The van der Waals surface area contributed by atoms with E-state index in [1.54, 1.807) is 16.7 Å². The van der Waals surface area contributed by atoms with Crippen LogP contribution in [0.2, 0.25) is 0 Å². The monoisotopic (exact) mass is 369 g/mol. The van der Waals surface area contributed by atoms with Crippen molar-refractivity contribution in [3.63, 3.8) is 0 Å². The molecule has 28 heavy (non-hydrogen) atoms. The summed E-state index contributed by atoms with van der Waals surface area (Å²) in [5.41, 5.74) is 2.10. The molecule has 0 saturated heterocycles. The molecule has 0 aliphatic rings. The highest BCUT2D eigenvalue weighted by molar-refractivity contribution is 5.93. The van der Waals surface area contributed by atoms with Crippen LogP contribution in [-0.2, 0) is 6.54 Å². The fourth-order valence-electron chi connectivity index (χ4n) is 3.38. The van der Waals surface area contributed by atoms with Crippen molar-refractivity contribution in [1.29, 1.82) is 0 Å². The summed E-state index contributed by atoms with van der Waals surface area (Å²) in [4.78, 5) is 28.4. The molecule has 0 amide bonds. The lowest BCUT2D eigenvalue weighted by Crippen LogP contribution is -2.25. The minimum Gasteiger partial charge on any atom is -0.545 e. The number of carbonyl (C=O) groups is 1. The van der Waals surface area contributed by atoms with Crippen LogP contribution in [0.5, 0.6) is 0 Å². The van der Waals surface area contributed by atoms with Crippen molar-refractivity contribution >= 4 is 39.9 Å². The van der Waals surface area contributed by atoms with Gasteiger partial charge in [-0.15, -0.1) is 0 Å². The van der Waals surface area contributed by atoms with E-state index >= 15 is 0 Å². The Morgan fingerprint density at radius 2 is 1.86 bits per heavy atom. The third kappa shape index (κ3) is 3.07. The molecule has 4 aromatic rings. The van der Waals surface area contributed by atoms with Gasteiger partial charge in [-0.25, -0.2) is 4.98 Å². The molecule has 0 bridgehead atoms. The smallest absolute Gasteiger partial charge is 0.276 e. The molecule has 138 valence electrons. The highest BCUT2D eigenvalue weighted by atomic mass is 16.4. The number of aromatic nitrogens is 2. The van der Waals surface area contributed by atoms with E-state index in [2.05, 4.69) is 4.98 Å². The molecule has 0 aliphatic heterocycles. The van der Waals surface area contributed by atoms with Crippen LogP contribution in [0.3, 0.4) is 0 Å². The van der Waals surface area contributed by atoms with Crippen molar-refractivity contribution in [2.24, 2.45) is 0 Å². The third-order valence-corrected chi connectivity index (χ3v) is 4.77. The molecule has 4 rings (SSSR count). The van der Waals surface area contributed by atoms with Crippen molar-refractivity contribution in [2.45, 2.75) is 13.5 Å². The van der Waals surface area contributed by atoms with E-state index < -0.39 is 5.97 Å². The van der Waals surface area contributed by atoms with Crippen molar-refractivity contribution in [3.05, 3.63) is 87.8 Å². The Bertz CT molecular complexity index is 1300. The number of carboxylic acid groups (broad SMARTS) is 1. The van der Waals surface area contributed by atoms with Gasteiger partial charge in [0.05, 0.1) is 17.0 Å². The maximum absolute atomic E-state index is 12.8. The van der Waals surface area contributed by atoms with Gasteiger partial charge in [0.2, 0.25) is 0 Å². The first-order valence-corrected chi connectivity index (χ1v) is 9.00. The van der Waals surface area contributed by atoms with Crippen LogP contribution < -0.4 is 10.7 Å². The molecule has 0 spiro atoms. The Kier molecular flexibility index (Phi) is 4.49. The Morgan fingerprint density at radius 1 is 1.07 bits per heavy atom. The van der Waals surface area contributed by atoms with Gasteiger partial charge in [0.25, 0.3) is 5.56 Å². The zero-order chi connectivity index (χ0) is 19.7. The highest BCUT2D eigenvalue weighted by Crippen LogP contribution is 2.20. The number of hydrogen-bond donors (Lipinski definition) is 0. The van der Waals surface area contributed by atoms with Crippen LogP contribution in [0, 0.1) is 0 Å². The second-order valence-corrected chi connectivity index (χ2v) is 6.44. The molecule has 0 fully saturated rings. The van der Waals surface area contributed by atoms with E-state index in [9.17, 15) is 14.7 Å². The quantitative estimate of drug-likeness (QED) is 0.554. The maximum atomic E-state index is 12.8. The first-order chi connectivity index (χ1) is 13.6. The lowest BCUT2D eigenvalue weighted by Gasteiger charge is -2.10. The average molecular weight is 369 g/mol. The van der Waals surface area contributed by atoms with E-state index in [1.165, 1.54) is 12.1 Å². The Hall–Kier alpha value is -3.73. The number of carbonyl (C=O) groups excluding carboxylic acids is 1. The van der Waals surface area contributed by atoms with Gasteiger partial charge in [-0.05, 0) is 47.0 Å². The molecule has 0 saturated carbocycles. The number of benzene rings is 3. The molecule has 1 aromatic heterocycles. The largest absolute Gasteiger partial charge is 0.545 e. The second-order valence-electron chi connectivity index (χ2n) is 6.44. The number of nitrogens with zero attached hydrogens (tertiary/aromatic N) is 2. The zero-order valence-electron chi connectivity index (χ0n) is 15.3. The van der Waals surface area contributed by atoms with E-state index in [0.717, 1.165) is 16.3 Å². The van der Waals surface area contributed by atoms with Gasteiger partial charge in [-0.3, -0.25) is 4.79 Å². The lowest BCUT2D eigenvalue weighted by atomic mass is 10.0. The highest BCUT2D eigenvalue weighted by Gasteiger charge is 2.09. The molecule has 0 N–H and O–H groups in total. The minimum atomic E-state index is -1.27. The van der Waals surface area contributed by atoms with Crippen molar-refractivity contribution in [3.8, 4) is 0 Å². The molecule has 1 heterocycles. The number of aromatic carboxylic acids is 1. The van der Waals surface area contributed by atoms with Crippen molar-refractivity contribution in [2.75, 3.05) is 0 Å². The molecule has 5 nitrogen and oxygen atoms in total. The van der Waals surface area contributed by atoms with Gasteiger partial charge in [-0.1, -0.05) is 54.6 Å². The number of rotatable bonds is 4. The summed E-state index contributed by atoms with van der Waals surface area (Å²) < 4.78 is 1.59. The SMILES string of the molecule is CCn1c(=O)c(/C=C/c2cccc3ccccc23)nc2cc(C(=O)[O-])ccc21. The molecule has 5 heteroatoms. The maximum Gasteiger partial charge on any atom is 0.276 e. The second kappa shape index (κ2) is 7.12. The molecule has 0 unspecified atom stereocenters. The molecule has 0 radical (unpaired) electrons. The topological polar surface area (TPSA) is 75.0 Å². The summed E-state index contributed by atoms with van der Waals surface area (Å²) in [6.07, 6.45) is 3.54. The first kappa shape index (κ1) is 17.7. The fraction of sp³-hybridized carbons (Fsp3) is 0.0870. The van der Waals surface area contributed by atoms with Gasteiger partial charge in [-0.2, -0.15) is 0 Å². The zero-order valence-corrected chi connectivity index (χ0v) is 15.3. The van der Waals surface area contributed by atoms with Gasteiger partial charge in [0, 0.05) is 6.54 Å². The minimum absolute atomic E-state index is 0.0327. The van der Waals surface area contributed by atoms with Gasteiger partial charge >= 0.3 is 0 Å². The van der Waals surface area contributed by atoms with Crippen LogP contribution in [0.1, 0.15) is 28.5 Å². The summed E-state index contributed by atoms with van der Waals surface area (Å²) in [7, 11) is 0. The van der Waals surface area contributed by atoms with Crippen LogP contribution >= 0.6 is 0 Å². The Balaban J connectivity index is 1.88. The molecular weight excluding hydrogens is 352 g/mol. The van der Waals surface area contributed by atoms with E-state index in [4.69, 9.17) is 0 Å². The Labute approximate surface area is 161 Å². The number of fused-ring (bicyclic) bond motifs is 2. The van der Waals surface area contributed by atoms with Crippen LogP contribution in [0.4, 0.5) is 0 Å². The first-order valence-electron chi connectivity index (χ1n) is 9.00. The predicted octanol–water partition coefficient (Wildman–Crippen LogP) is 3.10. The normalized spacial score (nSPS) is 11.5. The van der Waals surface area contributed by atoms with Gasteiger partial charge in [0.1, 0.15) is 5.69 Å². The predicted molar refractivity (Wildman–Crippen MR) is 109 cm³/mol. The fourth-order valence-corrected chi connectivity index (χ4v) is 3.38. The van der Waals surface area contributed by atoms with Crippen LogP contribution in [0.25, 0.3) is 34.0 Å². The van der Waals surface area contributed by atoms with Gasteiger partial charge in [0.15, 0.2) is 0 Å². The molecule has 0 aliphatic carbocycles. The average Bonchev–Trinajstić information content (AvgIpc) is 2.72. The summed E-state index contributed by atoms with van der Waals surface area (Å²) in [6, 6.07) is 18.4. The van der Waals surface area contributed by atoms with Crippen LogP contribution in [0.15, 0.2) is 65.5 Å². The van der Waals surface area contributed by atoms with E-state index in [-0.39, 0.29) is 16.8 Å². The molecule has 0 atom stereocenters. The third-order valence-electron chi connectivity index (χ3n) is 4.77. The summed E-state index contributed by atoms with van der Waals surface area (Å²) in [5.74, 6) is -1.27. The lowest BCUT2D eigenvalue weighted by molar-refractivity contribution is -0.255. The van der Waals surface area contributed by atoms with E-state index in [1.807, 2.05) is 55.5 Å². The van der Waals surface area contributed by atoms with Crippen molar-refractivity contribution in [1.82, 2.24) is 9.55 Å². The van der Waals surface area contributed by atoms with Crippen LogP contribution in [-0.4, -0.2) is 15.5 Å². The molecule has 3 aromatic carbocycles.